The van der Waals surface area contributed by atoms with Crippen molar-refractivity contribution in [2.45, 2.75) is 83.3 Å². The molecule has 1 N–H and O–H groups in total. The van der Waals surface area contributed by atoms with Gasteiger partial charge in [-0.2, -0.15) is 5.26 Å². The molecule has 2 heterocycles. The number of H-pyrrole nitrogens is 1. The molecule has 1 aromatic heterocycles. The van der Waals surface area contributed by atoms with Gasteiger partial charge >= 0.3 is 5.69 Å². The van der Waals surface area contributed by atoms with Crippen LogP contribution in [0.25, 0.3) is 0 Å². The lowest BCUT2D eigenvalue weighted by atomic mass is 9.80. The van der Waals surface area contributed by atoms with E-state index < -0.39 is 49.9 Å². The van der Waals surface area contributed by atoms with E-state index in [9.17, 15) is 14.9 Å². The summed E-state index contributed by atoms with van der Waals surface area (Å²) in [6.45, 7) is 9.64. The van der Waals surface area contributed by atoms with Crippen LogP contribution in [0.1, 0.15) is 62.6 Å². The smallest absolute Gasteiger partial charge is 0.330 e. The maximum atomic E-state index is 13.5. The molecule has 4 aromatic rings. The zero-order valence-electron chi connectivity index (χ0n) is 33.4. The number of ether oxygens (including phenoxy) is 5. The first-order chi connectivity index (χ1) is 27.5. The molecule has 1 aliphatic rings. The number of aryl methyl sites for hydroxylation is 1. The summed E-state index contributed by atoms with van der Waals surface area (Å²) in [6.07, 6.45) is 3.40. The third-order valence-corrected chi connectivity index (χ3v) is 11.7. The fourth-order valence-corrected chi connectivity index (χ4v) is 8.74. The molecule has 1 aliphatic heterocycles. The number of benzene rings is 3. The minimum atomic E-state index is -1.84. The highest BCUT2D eigenvalue weighted by Gasteiger charge is 2.51. The SMILES string of the molecule is C#CCOC1[C@@H](OP(OCCC#N)N(C(C)C)C(C)C)[C@@H](COC(c2ccccc2)(c2ccc(OC)cc2)c2ccc(OC)cc2)O[C@H]1n1cc(C)c(=O)[nH]c1=O. The molecule has 0 aliphatic carbocycles. The van der Waals surface area contributed by atoms with Crippen molar-refractivity contribution in [3.8, 4) is 29.9 Å². The zero-order chi connectivity index (χ0) is 41.1. The predicted molar refractivity (Wildman–Crippen MR) is 217 cm³/mol. The molecule has 57 heavy (non-hydrogen) atoms. The third-order valence-electron chi connectivity index (χ3n) is 9.58. The van der Waals surface area contributed by atoms with Crippen molar-refractivity contribution in [3.63, 3.8) is 0 Å². The van der Waals surface area contributed by atoms with Crippen LogP contribution in [-0.4, -0.2) is 78.7 Å². The molecule has 0 bridgehead atoms. The summed E-state index contributed by atoms with van der Waals surface area (Å²) in [5.41, 5.74) is 0.281. The van der Waals surface area contributed by atoms with Crippen LogP contribution in [0.4, 0.5) is 0 Å². The van der Waals surface area contributed by atoms with Crippen molar-refractivity contribution in [1.29, 1.82) is 5.26 Å². The Hall–Kier alpha value is -4.82. The van der Waals surface area contributed by atoms with E-state index in [-0.39, 0.29) is 38.3 Å². The van der Waals surface area contributed by atoms with Crippen LogP contribution in [-0.2, 0) is 28.9 Å². The predicted octanol–water partition coefficient (Wildman–Crippen LogP) is 6.45. The Labute approximate surface area is 335 Å². The number of hydrogen-bond donors (Lipinski definition) is 1. The highest BCUT2D eigenvalue weighted by Crippen LogP contribution is 2.51. The molecule has 0 saturated carbocycles. The molecule has 0 spiro atoms. The largest absolute Gasteiger partial charge is 0.497 e. The summed E-state index contributed by atoms with van der Waals surface area (Å²) in [5, 5.41) is 9.39. The highest BCUT2D eigenvalue weighted by molar-refractivity contribution is 7.44. The molecule has 3 aromatic carbocycles. The fourth-order valence-electron chi connectivity index (χ4n) is 6.97. The lowest BCUT2D eigenvalue weighted by Crippen LogP contribution is -2.43. The normalized spacial score (nSPS) is 18.7. The Morgan fingerprint density at radius 3 is 2.02 bits per heavy atom. The van der Waals surface area contributed by atoms with E-state index in [4.69, 9.17) is 39.2 Å². The van der Waals surface area contributed by atoms with Gasteiger partial charge in [-0.25, -0.2) is 9.46 Å². The van der Waals surface area contributed by atoms with Gasteiger partial charge in [-0.05, 0) is 75.6 Å². The average Bonchev–Trinajstić information content (AvgIpc) is 3.55. The minimum Gasteiger partial charge on any atom is -0.497 e. The van der Waals surface area contributed by atoms with Crippen molar-refractivity contribution < 1.29 is 32.7 Å². The molecule has 1 fully saturated rings. The van der Waals surface area contributed by atoms with Crippen LogP contribution in [0, 0.1) is 30.6 Å². The van der Waals surface area contributed by atoms with E-state index in [1.807, 2.05) is 107 Å². The first-order valence-corrected chi connectivity index (χ1v) is 19.9. The van der Waals surface area contributed by atoms with Crippen molar-refractivity contribution in [1.82, 2.24) is 14.2 Å². The Balaban J connectivity index is 1.69. The molecule has 14 heteroatoms. The van der Waals surface area contributed by atoms with Gasteiger partial charge in [0.2, 0.25) is 0 Å². The van der Waals surface area contributed by atoms with Gasteiger partial charge in [-0.1, -0.05) is 60.5 Å². The molecular formula is C43H51N4O9P. The van der Waals surface area contributed by atoms with Gasteiger partial charge in [0, 0.05) is 23.8 Å². The zero-order valence-corrected chi connectivity index (χ0v) is 34.3. The van der Waals surface area contributed by atoms with E-state index in [1.165, 1.54) is 10.8 Å². The van der Waals surface area contributed by atoms with Gasteiger partial charge in [0.15, 0.2) is 6.23 Å². The van der Waals surface area contributed by atoms with Crippen molar-refractivity contribution in [2.24, 2.45) is 0 Å². The molecular weight excluding hydrogens is 747 g/mol. The van der Waals surface area contributed by atoms with E-state index in [0.717, 1.165) is 16.7 Å². The molecule has 13 nitrogen and oxygen atoms in total. The lowest BCUT2D eigenvalue weighted by Gasteiger charge is -2.39. The van der Waals surface area contributed by atoms with Crippen molar-refractivity contribution in [2.75, 3.05) is 34.0 Å². The monoisotopic (exact) mass is 798 g/mol. The summed E-state index contributed by atoms with van der Waals surface area (Å²) < 4.78 is 48.1. The lowest BCUT2D eigenvalue weighted by molar-refractivity contribution is -0.0966. The standard InChI is InChI=1S/C43H51N4O9P/c1-9-25-52-39-38(56-57(54-26-13-24-44)47(29(2)3)30(4)5)37(55-41(39)46-27-31(6)40(48)45-42(46)49)28-53-43(32-14-11-10-12-15-32,33-16-20-35(50-7)21-17-33)34-18-22-36(51-8)23-19-34/h1,10-12,14-23,27,29-30,37-39,41H,13,25-26,28H2,2-8H3,(H,45,48,49)/t37-,38+,39?,41-,57?/m1/s1. The third kappa shape index (κ3) is 9.84. The Kier molecular flexibility index (Phi) is 15.2. The van der Waals surface area contributed by atoms with Gasteiger partial charge in [0.1, 0.15) is 42.0 Å². The van der Waals surface area contributed by atoms with Crippen LogP contribution >= 0.6 is 8.53 Å². The average molecular weight is 799 g/mol. The Morgan fingerprint density at radius 1 is 0.912 bits per heavy atom. The summed E-state index contributed by atoms with van der Waals surface area (Å²) in [7, 11) is 1.38. The summed E-state index contributed by atoms with van der Waals surface area (Å²) in [6, 6.07) is 27.2. The van der Waals surface area contributed by atoms with Crippen LogP contribution < -0.4 is 20.7 Å². The quantitative estimate of drug-likeness (QED) is 0.0484. The molecule has 2 unspecified atom stereocenters. The van der Waals surface area contributed by atoms with E-state index in [2.05, 4.69) is 21.6 Å². The van der Waals surface area contributed by atoms with Gasteiger partial charge in [0.05, 0.1) is 39.9 Å². The first-order valence-electron chi connectivity index (χ1n) is 18.7. The summed E-state index contributed by atoms with van der Waals surface area (Å²) >= 11 is 0. The number of rotatable bonds is 19. The van der Waals surface area contributed by atoms with E-state index >= 15 is 0 Å². The summed E-state index contributed by atoms with van der Waals surface area (Å²) in [4.78, 5) is 28.3. The Bertz CT molecular complexity index is 2040. The maximum Gasteiger partial charge on any atom is 0.330 e. The van der Waals surface area contributed by atoms with E-state index in [1.54, 1.807) is 21.1 Å². The van der Waals surface area contributed by atoms with Gasteiger partial charge in [-0.15, -0.1) is 6.42 Å². The van der Waals surface area contributed by atoms with Crippen LogP contribution in [0.15, 0.2) is 94.6 Å². The van der Waals surface area contributed by atoms with Crippen molar-refractivity contribution in [3.05, 3.63) is 128 Å². The molecule has 5 rings (SSSR count). The number of aromatic amines is 1. The number of hydrogen-bond acceptors (Lipinski definition) is 11. The van der Waals surface area contributed by atoms with Gasteiger partial charge < -0.3 is 32.7 Å². The van der Waals surface area contributed by atoms with Crippen molar-refractivity contribution >= 4 is 8.53 Å². The molecule has 0 amide bonds. The molecule has 0 radical (unpaired) electrons. The molecule has 5 atom stereocenters. The van der Waals surface area contributed by atoms with Gasteiger partial charge in [-0.3, -0.25) is 14.3 Å². The van der Waals surface area contributed by atoms with E-state index in [0.29, 0.717) is 17.1 Å². The van der Waals surface area contributed by atoms with Crippen LogP contribution in [0.5, 0.6) is 11.5 Å². The second kappa shape index (κ2) is 20.0. The topological polar surface area (TPSA) is 146 Å². The fraction of sp³-hybridized carbons (Fsp3) is 0.419. The van der Waals surface area contributed by atoms with Crippen LogP contribution in [0.3, 0.4) is 0 Å². The van der Waals surface area contributed by atoms with Gasteiger partial charge in [0.25, 0.3) is 14.1 Å². The second-order valence-corrected chi connectivity index (χ2v) is 15.4. The number of nitriles is 1. The number of methoxy groups -OCH3 is 2. The van der Waals surface area contributed by atoms with Crippen LogP contribution in [0.2, 0.25) is 0 Å². The minimum absolute atomic E-state index is 0.0172. The second-order valence-electron chi connectivity index (χ2n) is 14.0. The summed E-state index contributed by atoms with van der Waals surface area (Å²) in [5.74, 6) is 3.87. The Morgan fingerprint density at radius 2 is 1.49 bits per heavy atom. The first kappa shape index (κ1) is 43.3. The number of aromatic nitrogens is 2. The highest BCUT2D eigenvalue weighted by atomic mass is 31.2. The number of nitrogens with zero attached hydrogens (tertiary/aromatic N) is 3. The maximum absolute atomic E-state index is 13.5. The number of nitrogens with one attached hydrogen (secondary N) is 1. The molecule has 1 saturated heterocycles. The number of terminal acetylenes is 1. The molecule has 302 valence electrons.